The van der Waals surface area contributed by atoms with Gasteiger partial charge in [-0.3, -0.25) is 24.6 Å². The predicted molar refractivity (Wildman–Crippen MR) is 119 cm³/mol. The molecule has 3 amide bonds. The van der Waals surface area contributed by atoms with Gasteiger partial charge in [0.15, 0.2) is 0 Å². The van der Waals surface area contributed by atoms with Crippen LogP contribution in [0.1, 0.15) is 54.9 Å². The SMILES string of the molecule is [2H]c1c([2H])c(OCc2c([2H])c([2H])c(CN3CCOCC3)c([2H])c2[2H])c2c(c1[2H])C(=O)N(C1C(=O)NC(=O)C([2H])([2H])C1([2H])[2H])C2. The van der Waals surface area contributed by atoms with Crippen molar-refractivity contribution < 1.29 is 38.9 Å². The molecule has 2 aromatic carbocycles. The topological polar surface area (TPSA) is 88.2 Å². The number of ether oxygens (including phenoxy) is 2. The predicted octanol–water partition coefficient (Wildman–Crippen LogP) is 1.86. The van der Waals surface area contributed by atoms with E-state index in [4.69, 9.17) is 24.6 Å². The minimum Gasteiger partial charge on any atom is -0.489 e. The van der Waals surface area contributed by atoms with Crippen molar-refractivity contribution in [1.82, 2.24) is 15.1 Å². The molecule has 3 aliphatic heterocycles. The molecule has 0 spiro atoms. The van der Waals surface area contributed by atoms with E-state index in [1.807, 2.05) is 4.90 Å². The quantitative estimate of drug-likeness (QED) is 0.662. The summed E-state index contributed by atoms with van der Waals surface area (Å²) in [5.41, 5.74) is -0.653. The van der Waals surface area contributed by atoms with Crippen LogP contribution in [-0.4, -0.2) is 59.9 Å². The molecule has 8 heteroatoms. The van der Waals surface area contributed by atoms with Gasteiger partial charge >= 0.3 is 0 Å². The van der Waals surface area contributed by atoms with E-state index in [1.165, 1.54) is 0 Å². The lowest BCUT2D eigenvalue weighted by Gasteiger charge is -2.29. The molecule has 0 aromatic heterocycles. The second-order valence-electron chi connectivity index (χ2n) is 7.62. The van der Waals surface area contributed by atoms with E-state index < -0.39 is 91.2 Å². The van der Waals surface area contributed by atoms with Crippen LogP contribution in [0.25, 0.3) is 0 Å². The first-order valence-corrected chi connectivity index (χ1v) is 10.3. The summed E-state index contributed by atoms with van der Waals surface area (Å²) in [6.45, 7) is 0.971. The van der Waals surface area contributed by atoms with Crippen LogP contribution in [0.2, 0.25) is 0 Å². The molecule has 2 fully saturated rings. The molecule has 0 bridgehead atoms. The van der Waals surface area contributed by atoms with Crippen LogP contribution in [-0.2, 0) is 34.0 Å². The summed E-state index contributed by atoms with van der Waals surface area (Å²) >= 11 is 0. The number of piperidine rings is 1. The summed E-state index contributed by atoms with van der Waals surface area (Å²) in [6.07, 6.45) is -6.41. The van der Waals surface area contributed by atoms with Gasteiger partial charge in [0.2, 0.25) is 11.8 Å². The van der Waals surface area contributed by atoms with Gasteiger partial charge in [-0.2, -0.15) is 0 Å². The van der Waals surface area contributed by atoms with E-state index >= 15 is 0 Å². The molecule has 8 nitrogen and oxygen atoms in total. The summed E-state index contributed by atoms with van der Waals surface area (Å²) in [7, 11) is 0. The second kappa shape index (κ2) is 9.33. The molecule has 2 saturated heterocycles. The monoisotopic (exact) mass is 460 g/mol. The van der Waals surface area contributed by atoms with Crippen molar-refractivity contribution in [1.29, 1.82) is 0 Å². The van der Waals surface area contributed by atoms with Gasteiger partial charge < -0.3 is 14.4 Å². The number of amides is 3. The molecule has 1 unspecified atom stereocenters. The molecule has 0 radical (unpaired) electrons. The highest BCUT2D eigenvalue weighted by Crippen LogP contribution is 2.34. The number of rotatable bonds is 6. The van der Waals surface area contributed by atoms with Gasteiger partial charge in [-0.15, -0.1) is 0 Å². The van der Waals surface area contributed by atoms with Crippen molar-refractivity contribution in [3.63, 3.8) is 0 Å². The minimum absolute atomic E-state index is 0.168. The number of fused-ring (bicyclic) bond motifs is 1. The van der Waals surface area contributed by atoms with Gasteiger partial charge in [0.25, 0.3) is 5.91 Å². The Morgan fingerprint density at radius 2 is 1.85 bits per heavy atom. The van der Waals surface area contributed by atoms with E-state index in [2.05, 4.69) is 0 Å². The van der Waals surface area contributed by atoms with Crippen molar-refractivity contribution in [2.45, 2.75) is 38.5 Å². The van der Waals surface area contributed by atoms with E-state index in [1.54, 1.807) is 5.32 Å². The van der Waals surface area contributed by atoms with E-state index in [0.717, 1.165) is 0 Å². The number of morpholine rings is 1. The average molecular weight is 461 g/mol. The van der Waals surface area contributed by atoms with Gasteiger partial charge in [0.05, 0.1) is 29.4 Å². The molecule has 172 valence electrons. The summed E-state index contributed by atoms with van der Waals surface area (Å²) in [6, 6.07) is -5.61. The maximum atomic E-state index is 13.5. The largest absolute Gasteiger partial charge is 0.489 e. The highest BCUT2D eigenvalue weighted by Gasteiger charge is 2.40. The molecule has 1 N–H and O–H groups in total. The molecule has 1 atom stereocenters. The fourth-order valence-electron chi connectivity index (χ4n) is 3.74. The third kappa shape index (κ3) is 4.62. The molecule has 2 aromatic rings. The highest BCUT2D eigenvalue weighted by atomic mass is 16.5. The van der Waals surface area contributed by atoms with Crippen LogP contribution in [0.15, 0.2) is 42.3 Å². The fraction of sp³-hybridized carbons (Fsp3) is 0.400. The smallest absolute Gasteiger partial charge is 0.255 e. The molecule has 3 aliphatic rings. The zero-order chi connectivity index (χ0) is 32.5. The highest BCUT2D eigenvalue weighted by molar-refractivity contribution is 6.05. The molecular formula is C25H27N3O5. The zero-order valence-electron chi connectivity index (χ0n) is 28.5. The lowest BCUT2D eigenvalue weighted by molar-refractivity contribution is -0.136. The first-order valence-electron chi connectivity index (χ1n) is 15.8. The summed E-state index contributed by atoms with van der Waals surface area (Å²) in [5, 5.41) is 1.73. The fourth-order valence-corrected chi connectivity index (χ4v) is 3.74. The zero-order valence-corrected chi connectivity index (χ0v) is 17.5. The Kier molecular flexibility index (Phi) is 3.48. The van der Waals surface area contributed by atoms with E-state index in [-0.39, 0.29) is 35.3 Å². The molecule has 3 heterocycles. The van der Waals surface area contributed by atoms with Crippen LogP contribution in [0, 0.1) is 0 Å². The van der Waals surface area contributed by atoms with E-state index in [0.29, 0.717) is 31.2 Å². The molecule has 5 rings (SSSR count). The Labute approximate surface area is 207 Å². The average Bonchev–Trinajstić information content (AvgIpc) is 3.30. The van der Waals surface area contributed by atoms with Gasteiger partial charge in [-0.25, -0.2) is 0 Å². The Hall–Kier alpha value is -3.23. The van der Waals surface area contributed by atoms with Crippen molar-refractivity contribution in [3.05, 3.63) is 64.6 Å². The number of imide groups is 1. The van der Waals surface area contributed by atoms with Crippen LogP contribution in [0.5, 0.6) is 5.75 Å². The summed E-state index contributed by atoms with van der Waals surface area (Å²) in [4.78, 5) is 40.8. The van der Waals surface area contributed by atoms with Crippen molar-refractivity contribution >= 4 is 17.7 Å². The lowest BCUT2D eigenvalue weighted by Crippen LogP contribution is -2.52. The molecule has 0 saturated carbocycles. The Balaban J connectivity index is 1.49. The maximum absolute atomic E-state index is 13.5. The van der Waals surface area contributed by atoms with Gasteiger partial charge in [0.1, 0.15) is 18.4 Å². The Bertz CT molecular complexity index is 1570. The van der Waals surface area contributed by atoms with Gasteiger partial charge in [-0.1, -0.05) is 30.2 Å². The minimum atomic E-state index is -3.21. The molecule has 0 aliphatic carbocycles. The van der Waals surface area contributed by atoms with Gasteiger partial charge in [-0.05, 0) is 29.6 Å². The molecular weight excluding hydrogens is 422 g/mol. The van der Waals surface area contributed by atoms with Crippen molar-refractivity contribution in [2.24, 2.45) is 0 Å². The maximum Gasteiger partial charge on any atom is 0.255 e. The third-order valence-electron chi connectivity index (χ3n) is 5.44. The Morgan fingerprint density at radius 3 is 2.64 bits per heavy atom. The first-order chi connectivity index (χ1) is 20.5. The second-order valence-corrected chi connectivity index (χ2v) is 7.62. The summed E-state index contributed by atoms with van der Waals surface area (Å²) in [5.74, 6) is -4.35. The van der Waals surface area contributed by atoms with Crippen molar-refractivity contribution in [2.75, 3.05) is 26.3 Å². The number of hydrogen-bond donors (Lipinski definition) is 1. The first kappa shape index (κ1) is 12.3. The standard InChI is InChI=1S/C25H27N3O5/c29-23-9-8-21(24(30)26-23)28-15-20-19(25(28)31)2-1-3-22(20)33-16-18-6-4-17(5-7-18)14-27-10-12-32-13-11-27/h1-7,21H,8-16H2,(H,26,29,30)/i1D,2D,3D,4D,5D,6D,7D,8D2,9D2. The van der Waals surface area contributed by atoms with Crippen LogP contribution in [0.4, 0.5) is 0 Å². The number of carbonyl (C=O) groups is 3. The number of nitrogens with one attached hydrogen (secondary N) is 1. The van der Waals surface area contributed by atoms with Crippen LogP contribution >= 0.6 is 0 Å². The number of carbonyl (C=O) groups excluding carboxylic acids is 3. The third-order valence-corrected chi connectivity index (χ3v) is 5.44. The van der Waals surface area contributed by atoms with Crippen LogP contribution < -0.4 is 10.1 Å². The normalized spacial score (nSPS) is 29.0. The number of nitrogens with zero attached hydrogens (tertiary/aromatic N) is 2. The number of hydrogen-bond acceptors (Lipinski definition) is 6. The van der Waals surface area contributed by atoms with Crippen LogP contribution in [0.3, 0.4) is 0 Å². The molecule has 33 heavy (non-hydrogen) atoms. The van der Waals surface area contributed by atoms with Crippen molar-refractivity contribution in [3.8, 4) is 5.75 Å². The Morgan fingerprint density at radius 1 is 1.09 bits per heavy atom. The van der Waals surface area contributed by atoms with Gasteiger partial charge in [0, 0.05) is 42.6 Å². The lowest BCUT2D eigenvalue weighted by atomic mass is 10.0. The number of benzene rings is 2. The summed E-state index contributed by atoms with van der Waals surface area (Å²) < 4.78 is 102. The van der Waals surface area contributed by atoms with E-state index in [9.17, 15) is 14.4 Å².